The molecule has 1 amide bonds. The summed E-state index contributed by atoms with van der Waals surface area (Å²) in [6.07, 6.45) is 16.6. The van der Waals surface area contributed by atoms with Crippen LogP contribution in [-0.4, -0.2) is 122 Å². The molecule has 2 saturated heterocycles. The van der Waals surface area contributed by atoms with Crippen LogP contribution in [0.1, 0.15) is 86.5 Å². The van der Waals surface area contributed by atoms with Crippen molar-refractivity contribution < 1.29 is 44.2 Å². The quantitative estimate of drug-likeness (QED) is 0.109. The fourth-order valence-electron chi connectivity index (χ4n) is 7.27. The zero-order chi connectivity index (χ0) is 37.3. The molecule has 51 heavy (non-hydrogen) atoms. The summed E-state index contributed by atoms with van der Waals surface area (Å²) >= 11 is 0. The van der Waals surface area contributed by atoms with Crippen LogP contribution in [-0.2, 0) is 19.0 Å². The van der Waals surface area contributed by atoms with Crippen molar-refractivity contribution in [3.8, 4) is 0 Å². The van der Waals surface area contributed by atoms with Crippen molar-refractivity contribution in [2.75, 3.05) is 26.2 Å². The Morgan fingerprint density at radius 1 is 1.20 bits per heavy atom. The number of piperazine rings is 1. The Labute approximate surface area is 304 Å². The Hall–Kier alpha value is -2.80. The zero-order valence-electron chi connectivity index (χ0n) is 31.4. The number of carbonyl (C=O) groups is 2. The number of rotatable bonds is 10. The first-order valence-corrected chi connectivity index (χ1v) is 18.8. The van der Waals surface area contributed by atoms with Crippen LogP contribution < -0.4 is 0 Å². The molecule has 4 aliphatic rings. The maximum Gasteiger partial charge on any atom is 0.410 e. The molecule has 1 aliphatic carbocycles. The lowest BCUT2D eigenvalue weighted by molar-refractivity contribution is -0.150. The van der Waals surface area contributed by atoms with E-state index in [1.807, 2.05) is 27.7 Å². The van der Waals surface area contributed by atoms with Crippen LogP contribution in [0.5, 0.6) is 0 Å². The van der Waals surface area contributed by atoms with Crippen LogP contribution in [0, 0.1) is 11.8 Å². The van der Waals surface area contributed by atoms with Crippen LogP contribution in [0.4, 0.5) is 4.79 Å². The lowest BCUT2D eigenvalue weighted by Gasteiger charge is -2.39. The van der Waals surface area contributed by atoms with E-state index in [4.69, 9.17) is 14.2 Å². The van der Waals surface area contributed by atoms with E-state index < -0.39 is 53.6 Å². The Morgan fingerprint density at radius 3 is 2.63 bits per heavy atom. The van der Waals surface area contributed by atoms with Gasteiger partial charge >= 0.3 is 12.1 Å². The third-order valence-electron chi connectivity index (χ3n) is 10.8. The Bertz CT molecular complexity index is 1310. The topological polar surface area (TPSA) is 153 Å². The van der Waals surface area contributed by atoms with Gasteiger partial charge in [0.15, 0.2) is 6.10 Å². The fourth-order valence-corrected chi connectivity index (χ4v) is 7.27. The molecule has 0 spiro atoms. The highest BCUT2D eigenvalue weighted by atomic mass is 16.6. The average molecular weight is 715 g/mol. The lowest BCUT2D eigenvalue weighted by atomic mass is 9.91. The highest BCUT2D eigenvalue weighted by Crippen LogP contribution is 2.37. The number of hydrogen-bond acceptors (Lipinski definition) is 10. The molecule has 0 bridgehead atoms. The lowest BCUT2D eigenvalue weighted by Crippen LogP contribution is -2.53. The summed E-state index contributed by atoms with van der Waals surface area (Å²) in [4.78, 5) is 30.4. The van der Waals surface area contributed by atoms with Gasteiger partial charge < -0.3 is 39.5 Å². The minimum absolute atomic E-state index is 0.0162. The Kier molecular flexibility index (Phi) is 14.7. The molecule has 0 aromatic heterocycles. The molecule has 3 heterocycles. The van der Waals surface area contributed by atoms with Gasteiger partial charge in [-0.05, 0) is 64.5 Å². The van der Waals surface area contributed by atoms with E-state index in [2.05, 4.69) is 17.1 Å². The van der Waals surface area contributed by atoms with Crippen molar-refractivity contribution in [3.05, 3.63) is 60.3 Å². The van der Waals surface area contributed by atoms with E-state index in [-0.39, 0.29) is 24.5 Å². The summed E-state index contributed by atoms with van der Waals surface area (Å²) in [6, 6.07) is 0.485. The van der Waals surface area contributed by atoms with Gasteiger partial charge in [-0.15, -0.1) is 0 Å². The van der Waals surface area contributed by atoms with Gasteiger partial charge in [0.25, 0.3) is 0 Å². The summed E-state index contributed by atoms with van der Waals surface area (Å²) in [7, 11) is 0. The summed E-state index contributed by atoms with van der Waals surface area (Å²) < 4.78 is 17.5. The second-order valence-electron chi connectivity index (χ2n) is 15.4. The number of allylic oxidation sites excluding steroid dienone is 3. The van der Waals surface area contributed by atoms with Crippen LogP contribution in [0.2, 0.25) is 0 Å². The van der Waals surface area contributed by atoms with Crippen LogP contribution in [0.15, 0.2) is 60.3 Å². The van der Waals surface area contributed by atoms with Gasteiger partial charge in [-0.2, -0.15) is 0 Å². The van der Waals surface area contributed by atoms with Crippen LogP contribution in [0.3, 0.4) is 0 Å². The van der Waals surface area contributed by atoms with Gasteiger partial charge in [-0.1, -0.05) is 69.4 Å². The number of hydrogen-bond donors (Lipinski definition) is 4. The van der Waals surface area contributed by atoms with Crippen molar-refractivity contribution in [2.24, 2.45) is 11.8 Å². The van der Waals surface area contributed by atoms with E-state index in [1.165, 1.54) is 25.5 Å². The fraction of sp³-hybridized carbons (Fsp3) is 0.700. The zero-order valence-corrected chi connectivity index (χ0v) is 31.4. The predicted octanol–water partition coefficient (Wildman–Crippen LogP) is 4.60. The smallest absolute Gasteiger partial charge is 0.410 e. The van der Waals surface area contributed by atoms with Gasteiger partial charge in [0, 0.05) is 50.5 Å². The number of esters is 1. The van der Waals surface area contributed by atoms with E-state index in [0.717, 1.165) is 32.4 Å². The highest BCUT2D eigenvalue weighted by molar-refractivity contribution is 5.71. The first-order chi connectivity index (χ1) is 24.1. The van der Waals surface area contributed by atoms with Crippen molar-refractivity contribution in [1.29, 1.82) is 0 Å². The van der Waals surface area contributed by atoms with Crippen molar-refractivity contribution in [3.63, 3.8) is 0 Å². The molecule has 2 fully saturated rings. The summed E-state index contributed by atoms with van der Waals surface area (Å²) in [5.74, 6) is -1.03. The van der Waals surface area contributed by atoms with Gasteiger partial charge in [-0.25, -0.2) is 4.79 Å². The molecule has 11 nitrogen and oxygen atoms in total. The summed E-state index contributed by atoms with van der Waals surface area (Å²) in [5, 5.41) is 43.2. The number of amides is 1. The maximum absolute atomic E-state index is 13.4. The molecular formula is C40H62N2O9. The van der Waals surface area contributed by atoms with E-state index >= 15 is 0 Å². The maximum atomic E-state index is 13.4. The highest BCUT2D eigenvalue weighted by Gasteiger charge is 2.47. The third kappa shape index (κ3) is 12.1. The Balaban J connectivity index is 1.43. The molecular weight excluding hydrogens is 652 g/mol. The third-order valence-corrected chi connectivity index (χ3v) is 10.8. The molecule has 11 atom stereocenters. The molecule has 286 valence electrons. The first-order valence-electron chi connectivity index (χ1n) is 18.8. The molecule has 0 saturated carbocycles. The van der Waals surface area contributed by atoms with Crippen LogP contribution in [0.25, 0.3) is 0 Å². The summed E-state index contributed by atoms with van der Waals surface area (Å²) in [5.41, 5.74) is -2.15. The average Bonchev–Trinajstić information content (AvgIpc) is 3.89. The van der Waals surface area contributed by atoms with Crippen molar-refractivity contribution in [1.82, 2.24) is 9.80 Å². The number of nitrogens with zero attached hydrogens (tertiary/aromatic N) is 2. The van der Waals surface area contributed by atoms with Gasteiger partial charge in [0.1, 0.15) is 11.7 Å². The van der Waals surface area contributed by atoms with E-state index in [0.29, 0.717) is 37.5 Å². The number of cyclic esters (lactones) is 1. The summed E-state index contributed by atoms with van der Waals surface area (Å²) in [6.45, 7) is 13.3. The van der Waals surface area contributed by atoms with E-state index in [1.54, 1.807) is 42.2 Å². The molecule has 0 radical (unpaired) electrons. The minimum atomic E-state index is -1.67. The number of aliphatic hydroxyl groups is 4. The number of carbonyl (C=O) groups excluding carboxylic acids is 2. The second-order valence-corrected chi connectivity index (χ2v) is 15.4. The molecule has 4 N–H and O–H groups in total. The molecule has 3 aliphatic heterocycles. The Morgan fingerprint density at radius 2 is 1.92 bits per heavy atom. The predicted molar refractivity (Wildman–Crippen MR) is 196 cm³/mol. The standard InChI is InChI=1S/C40H62N2O9/c1-7-32(44)29(4)37-33(49-37)26-39(5,47)19-12-13-27(2)36-28(3)16-17-34(40(6,48)20-18-31(43)25-35(45)51-36)50-38(46)42-23-21-41(22-24-42)30-14-10-8-9-11-15-30/h8,10,12-13,16-20,28-34,36-37,43-44,47-48H,7,9,11,14-15,21-26H2,1-6H3/b17-16+,19-12+,20-18+,27-13+/t28-,29+,30+,31+,32-,33+,34-,36+,37+,39-,40+/m0/s1. The first kappa shape index (κ1) is 41.0. The second kappa shape index (κ2) is 18.3. The molecule has 0 unspecified atom stereocenters. The minimum Gasteiger partial charge on any atom is -0.457 e. The number of ether oxygens (including phenoxy) is 3. The van der Waals surface area contributed by atoms with Crippen molar-refractivity contribution in [2.45, 2.75) is 140 Å². The van der Waals surface area contributed by atoms with Gasteiger partial charge in [0.05, 0.1) is 36.4 Å². The molecule has 0 aromatic rings. The van der Waals surface area contributed by atoms with Gasteiger partial charge in [0.2, 0.25) is 0 Å². The molecule has 11 heteroatoms. The largest absolute Gasteiger partial charge is 0.457 e. The molecule has 0 aromatic carbocycles. The van der Waals surface area contributed by atoms with Gasteiger partial charge in [-0.3, -0.25) is 9.69 Å². The monoisotopic (exact) mass is 714 g/mol. The van der Waals surface area contributed by atoms with Crippen LogP contribution >= 0.6 is 0 Å². The van der Waals surface area contributed by atoms with Crippen molar-refractivity contribution >= 4 is 12.1 Å². The molecule has 4 rings (SSSR count). The normalized spacial score (nSPS) is 36.5. The van der Waals surface area contributed by atoms with E-state index in [9.17, 15) is 30.0 Å². The number of epoxide rings is 1. The SMILES string of the molecule is CC[C@H](O)[C@@H](C)[C@H]1O[C@@H]1C[C@@](C)(O)/C=C/C=C(\C)[C@H]1OC(=O)C[C@H](O)/C=C/[C@@](C)(O)[C@@H](OC(=O)N2CCN([C@@H]3CC=CCCC3)CC2)/C=C/[C@@H]1C. The number of aliphatic hydroxyl groups excluding tert-OH is 2.